The average Bonchev–Trinajstić information content (AvgIpc) is 2.77. The van der Waals surface area contributed by atoms with Gasteiger partial charge in [-0.1, -0.05) is 30.3 Å². The number of pyridine rings is 2. The van der Waals surface area contributed by atoms with Crippen LogP contribution in [0.1, 0.15) is 28.3 Å². The maximum absolute atomic E-state index is 13.0. The van der Waals surface area contributed by atoms with Crippen LogP contribution in [-0.4, -0.2) is 15.1 Å². The first kappa shape index (κ1) is 22.4. The SMILES string of the molecule is Oc1c(C(Nc2ccc(C(F)(F)F)cn2)c2ccc(C(F)(F)F)cc2)ccc2cccnc12. The normalized spacial score (nSPS) is 13.2. The van der Waals surface area contributed by atoms with Crippen LogP contribution in [0.5, 0.6) is 5.75 Å². The highest BCUT2D eigenvalue weighted by Gasteiger charge is 2.32. The van der Waals surface area contributed by atoms with Crippen LogP contribution in [0.2, 0.25) is 0 Å². The third-order valence-electron chi connectivity index (χ3n) is 5.04. The third-order valence-corrected chi connectivity index (χ3v) is 5.04. The van der Waals surface area contributed by atoms with Gasteiger partial charge >= 0.3 is 12.4 Å². The van der Waals surface area contributed by atoms with Crippen LogP contribution in [0.15, 0.2) is 73.1 Å². The topological polar surface area (TPSA) is 58.0 Å². The molecule has 0 amide bonds. The molecule has 170 valence electrons. The lowest BCUT2D eigenvalue weighted by Gasteiger charge is -2.22. The summed E-state index contributed by atoms with van der Waals surface area (Å²) in [5.41, 5.74) is -0.939. The third kappa shape index (κ3) is 4.69. The van der Waals surface area contributed by atoms with E-state index < -0.39 is 29.5 Å². The van der Waals surface area contributed by atoms with Crippen molar-refractivity contribution in [1.82, 2.24) is 9.97 Å². The number of alkyl halides is 6. The van der Waals surface area contributed by atoms with E-state index in [4.69, 9.17) is 0 Å². The van der Waals surface area contributed by atoms with E-state index in [9.17, 15) is 31.4 Å². The summed E-state index contributed by atoms with van der Waals surface area (Å²) in [7, 11) is 0. The van der Waals surface area contributed by atoms with E-state index in [2.05, 4.69) is 15.3 Å². The molecule has 1 atom stereocenters. The Morgan fingerprint density at radius 3 is 2.03 bits per heavy atom. The van der Waals surface area contributed by atoms with E-state index in [0.29, 0.717) is 17.1 Å². The fourth-order valence-electron chi connectivity index (χ4n) is 3.38. The average molecular weight is 463 g/mol. The maximum atomic E-state index is 13.0. The van der Waals surface area contributed by atoms with Gasteiger partial charge in [-0.2, -0.15) is 26.3 Å². The summed E-state index contributed by atoms with van der Waals surface area (Å²) in [4.78, 5) is 7.92. The number of hydrogen-bond donors (Lipinski definition) is 2. The Kier molecular flexibility index (Phi) is 5.61. The molecule has 2 heterocycles. The molecule has 0 radical (unpaired) electrons. The first-order valence-electron chi connectivity index (χ1n) is 9.57. The van der Waals surface area contributed by atoms with Crippen molar-refractivity contribution in [3.63, 3.8) is 0 Å². The van der Waals surface area contributed by atoms with Crippen molar-refractivity contribution >= 4 is 16.7 Å². The molecule has 10 heteroatoms. The van der Waals surface area contributed by atoms with Crippen molar-refractivity contribution in [1.29, 1.82) is 0 Å². The lowest BCUT2D eigenvalue weighted by molar-refractivity contribution is -0.138. The highest BCUT2D eigenvalue weighted by Crippen LogP contribution is 2.38. The monoisotopic (exact) mass is 463 g/mol. The van der Waals surface area contributed by atoms with Gasteiger partial charge in [0, 0.05) is 23.3 Å². The number of phenols is 1. The molecule has 33 heavy (non-hydrogen) atoms. The van der Waals surface area contributed by atoms with E-state index in [1.54, 1.807) is 24.3 Å². The van der Waals surface area contributed by atoms with E-state index in [1.807, 2.05) is 0 Å². The van der Waals surface area contributed by atoms with Crippen LogP contribution in [0, 0.1) is 0 Å². The highest BCUT2D eigenvalue weighted by molar-refractivity contribution is 5.86. The number of aromatic hydroxyl groups is 1. The number of hydrogen-bond acceptors (Lipinski definition) is 4. The Bertz CT molecular complexity index is 1270. The minimum Gasteiger partial charge on any atom is -0.505 e. The Morgan fingerprint density at radius 2 is 1.42 bits per heavy atom. The van der Waals surface area contributed by atoms with Crippen LogP contribution >= 0.6 is 0 Å². The van der Waals surface area contributed by atoms with Gasteiger partial charge < -0.3 is 10.4 Å². The molecule has 4 nitrogen and oxygen atoms in total. The van der Waals surface area contributed by atoms with Crippen molar-refractivity contribution in [2.45, 2.75) is 18.4 Å². The number of halogens is 6. The van der Waals surface area contributed by atoms with Crippen molar-refractivity contribution in [2.24, 2.45) is 0 Å². The van der Waals surface area contributed by atoms with Crippen LogP contribution in [-0.2, 0) is 12.4 Å². The second-order valence-corrected chi connectivity index (χ2v) is 7.21. The number of nitrogens with zero attached hydrogens (tertiary/aromatic N) is 2. The molecule has 1 unspecified atom stereocenters. The minimum atomic E-state index is -4.57. The lowest BCUT2D eigenvalue weighted by Crippen LogP contribution is -2.15. The van der Waals surface area contributed by atoms with Crippen LogP contribution in [0.25, 0.3) is 10.9 Å². The molecule has 0 saturated carbocycles. The molecular weight excluding hydrogens is 448 g/mol. The number of fused-ring (bicyclic) bond motifs is 1. The van der Waals surface area contributed by atoms with Crippen molar-refractivity contribution in [3.05, 3.63) is 95.3 Å². The first-order valence-corrected chi connectivity index (χ1v) is 9.57. The zero-order chi connectivity index (χ0) is 23.8. The van der Waals surface area contributed by atoms with E-state index in [-0.39, 0.29) is 22.6 Å². The summed E-state index contributed by atoms with van der Waals surface area (Å²) in [6.45, 7) is 0. The molecule has 0 aliphatic carbocycles. The molecule has 0 saturated heterocycles. The van der Waals surface area contributed by atoms with Crippen molar-refractivity contribution in [2.75, 3.05) is 5.32 Å². The quantitative estimate of drug-likeness (QED) is 0.336. The number of nitrogens with one attached hydrogen (secondary N) is 1. The van der Waals surface area contributed by atoms with Crippen LogP contribution in [0.3, 0.4) is 0 Å². The van der Waals surface area contributed by atoms with E-state index in [1.165, 1.54) is 18.3 Å². The van der Waals surface area contributed by atoms with Gasteiger partial charge in [-0.05, 0) is 35.9 Å². The Hall–Kier alpha value is -3.82. The predicted molar refractivity (Wildman–Crippen MR) is 110 cm³/mol. The van der Waals surface area contributed by atoms with Gasteiger partial charge in [0.1, 0.15) is 17.1 Å². The number of phenolic OH excluding ortho intramolecular Hbond substituents is 1. The summed E-state index contributed by atoms with van der Waals surface area (Å²) >= 11 is 0. The van der Waals surface area contributed by atoms with Gasteiger partial charge in [0.25, 0.3) is 0 Å². The first-order chi connectivity index (χ1) is 15.5. The molecule has 4 aromatic rings. The number of rotatable bonds is 4. The maximum Gasteiger partial charge on any atom is 0.417 e. The van der Waals surface area contributed by atoms with Gasteiger partial charge in [0.05, 0.1) is 17.2 Å². The van der Waals surface area contributed by atoms with Gasteiger partial charge in [-0.3, -0.25) is 4.98 Å². The second kappa shape index (κ2) is 8.27. The van der Waals surface area contributed by atoms with E-state index in [0.717, 1.165) is 24.3 Å². The smallest absolute Gasteiger partial charge is 0.417 e. The predicted octanol–water partition coefficient (Wildman–Crippen LogP) is 6.57. The Labute approximate surface area is 183 Å². The zero-order valence-corrected chi connectivity index (χ0v) is 16.6. The van der Waals surface area contributed by atoms with Gasteiger partial charge in [-0.25, -0.2) is 4.98 Å². The zero-order valence-electron chi connectivity index (χ0n) is 16.6. The summed E-state index contributed by atoms with van der Waals surface area (Å²) in [6, 6.07) is 11.9. The van der Waals surface area contributed by atoms with Gasteiger partial charge in [0.2, 0.25) is 0 Å². The van der Waals surface area contributed by atoms with Gasteiger partial charge in [0.15, 0.2) is 0 Å². The summed E-state index contributed by atoms with van der Waals surface area (Å²) in [6.07, 6.45) is -6.98. The minimum absolute atomic E-state index is 0.0356. The summed E-state index contributed by atoms with van der Waals surface area (Å²) < 4.78 is 77.6. The fourth-order valence-corrected chi connectivity index (χ4v) is 3.38. The standard InChI is InChI=1S/C23H15F6N3O/c24-22(25,26)15-6-3-14(4-7-15)19(32-18-10-8-16(12-31-18)23(27,28)29)17-9-5-13-2-1-11-30-20(13)21(17)33/h1-12,19,33H,(H,31,32). The number of benzene rings is 2. The van der Waals surface area contributed by atoms with Crippen molar-refractivity contribution in [3.8, 4) is 5.75 Å². The molecule has 0 fully saturated rings. The second-order valence-electron chi connectivity index (χ2n) is 7.21. The Balaban J connectivity index is 1.78. The summed E-state index contributed by atoms with van der Waals surface area (Å²) in [5, 5.41) is 14.4. The largest absolute Gasteiger partial charge is 0.505 e. The molecule has 2 N–H and O–H groups in total. The van der Waals surface area contributed by atoms with Gasteiger partial charge in [-0.15, -0.1) is 0 Å². The molecule has 2 aromatic heterocycles. The van der Waals surface area contributed by atoms with Crippen LogP contribution < -0.4 is 5.32 Å². The van der Waals surface area contributed by atoms with Crippen LogP contribution in [0.4, 0.5) is 32.2 Å². The molecule has 0 spiro atoms. The molecule has 4 rings (SSSR count). The molecule has 0 aliphatic rings. The molecule has 0 aliphatic heterocycles. The highest BCUT2D eigenvalue weighted by atomic mass is 19.4. The fraction of sp³-hybridized carbons (Fsp3) is 0.130. The summed E-state index contributed by atoms with van der Waals surface area (Å²) in [5.74, 6) is -0.175. The molecule has 0 bridgehead atoms. The van der Waals surface area contributed by atoms with Crippen molar-refractivity contribution < 1.29 is 31.4 Å². The number of aromatic nitrogens is 2. The van der Waals surface area contributed by atoms with E-state index >= 15 is 0 Å². The molecular formula is C23H15F6N3O. The Morgan fingerprint density at radius 1 is 0.758 bits per heavy atom. The lowest BCUT2D eigenvalue weighted by atomic mass is 9.95. The number of anilines is 1. The molecule has 2 aromatic carbocycles.